The van der Waals surface area contributed by atoms with Gasteiger partial charge in [0.05, 0.1) is 6.04 Å². The molecule has 3 N–H and O–H groups in total. The number of carbonyl (C=O) groups is 1. The van der Waals surface area contributed by atoms with Gasteiger partial charge in [-0.2, -0.15) is 0 Å². The quantitative estimate of drug-likeness (QED) is 0.555. The van der Waals surface area contributed by atoms with E-state index in [4.69, 9.17) is 12.2 Å². The Morgan fingerprint density at radius 1 is 1.07 bits per heavy atom. The molecule has 0 saturated carbocycles. The first-order chi connectivity index (χ1) is 13.9. The van der Waals surface area contributed by atoms with Crippen molar-refractivity contribution < 1.29 is 4.79 Å². The molecule has 3 aromatic rings. The fourth-order valence-corrected chi connectivity index (χ4v) is 4.11. The average molecular weight is 402 g/mol. The van der Waals surface area contributed by atoms with Crippen molar-refractivity contribution in [1.82, 2.24) is 10.6 Å². The van der Waals surface area contributed by atoms with E-state index in [9.17, 15) is 4.79 Å². The van der Waals surface area contributed by atoms with Crippen molar-refractivity contribution in [3.05, 3.63) is 89.6 Å². The van der Waals surface area contributed by atoms with Gasteiger partial charge in [-0.1, -0.05) is 61.2 Å². The summed E-state index contributed by atoms with van der Waals surface area (Å²) >= 11 is 5.37. The molecular formula is C24H23N3OS. The third kappa shape index (κ3) is 3.74. The van der Waals surface area contributed by atoms with Gasteiger partial charge in [0, 0.05) is 11.4 Å². The lowest BCUT2D eigenvalue weighted by Crippen LogP contribution is -2.51. The molecule has 1 heterocycles. The molecule has 0 aliphatic carbocycles. The number of carbonyl (C=O) groups excluding carboxylic acids is 1. The standard InChI is InChI=1S/C24H23N3OS/c1-14-11-12-15(2)20(13-14)26-23(28)21-16(3)25-24(29)27-22(21)19-10-6-8-17-7-4-5-9-18(17)19/h4-13,21-22H,3H2,1-2H3,(H,26,28)(H2,25,27,29)/t21-,22+/m1/s1. The maximum atomic E-state index is 13.4. The first kappa shape index (κ1) is 19.2. The van der Waals surface area contributed by atoms with E-state index < -0.39 is 5.92 Å². The first-order valence-electron chi connectivity index (χ1n) is 9.56. The monoisotopic (exact) mass is 401 g/mol. The van der Waals surface area contributed by atoms with Gasteiger partial charge in [0.25, 0.3) is 0 Å². The Bertz CT molecular complexity index is 1130. The molecule has 29 heavy (non-hydrogen) atoms. The molecule has 1 aliphatic rings. The summed E-state index contributed by atoms with van der Waals surface area (Å²) in [5.74, 6) is -0.642. The van der Waals surface area contributed by atoms with E-state index in [1.165, 1.54) is 0 Å². The second-order valence-electron chi connectivity index (χ2n) is 7.46. The number of benzene rings is 3. The lowest BCUT2D eigenvalue weighted by molar-refractivity contribution is -0.119. The van der Waals surface area contributed by atoms with Crippen molar-refractivity contribution in [2.45, 2.75) is 19.9 Å². The van der Waals surface area contributed by atoms with E-state index in [1.54, 1.807) is 0 Å². The van der Waals surface area contributed by atoms with Crippen molar-refractivity contribution in [2.24, 2.45) is 5.92 Å². The maximum Gasteiger partial charge on any atom is 0.235 e. The summed E-state index contributed by atoms with van der Waals surface area (Å²) in [4.78, 5) is 13.4. The molecule has 4 rings (SSSR count). The van der Waals surface area contributed by atoms with Crippen LogP contribution in [0.15, 0.2) is 72.9 Å². The van der Waals surface area contributed by atoms with E-state index in [0.717, 1.165) is 33.2 Å². The lowest BCUT2D eigenvalue weighted by Gasteiger charge is -2.36. The van der Waals surface area contributed by atoms with Gasteiger partial charge in [0.15, 0.2) is 5.11 Å². The van der Waals surface area contributed by atoms with Crippen molar-refractivity contribution >= 4 is 39.7 Å². The van der Waals surface area contributed by atoms with Crippen LogP contribution in [0.2, 0.25) is 0 Å². The summed E-state index contributed by atoms with van der Waals surface area (Å²) in [6.07, 6.45) is 0. The SMILES string of the molecule is C=C1NC(=S)N[C@@H](c2cccc3ccccc23)[C@@H]1C(=O)Nc1cc(C)ccc1C. The number of amides is 1. The molecule has 0 unspecified atom stereocenters. The summed E-state index contributed by atoms with van der Waals surface area (Å²) in [5.41, 5.74) is 4.54. The van der Waals surface area contributed by atoms with Crippen LogP contribution >= 0.6 is 12.2 Å². The van der Waals surface area contributed by atoms with E-state index in [0.29, 0.717) is 10.8 Å². The van der Waals surface area contributed by atoms with Gasteiger partial charge in [0.2, 0.25) is 5.91 Å². The predicted molar refractivity (Wildman–Crippen MR) is 123 cm³/mol. The highest BCUT2D eigenvalue weighted by molar-refractivity contribution is 7.80. The second-order valence-corrected chi connectivity index (χ2v) is 7.86. The van der Waals surface area contributed by atoms with Gasteiger partial charge in [-0.25, -0.2) is 0 Å². The van der Waals surface area contributed by atoms with Gasteiger partial charge in [-0.3, -0.25) is 4.79 Å². The van der Waals surface area contributed by atoms with Gasteiger partial charge in [0.1, 0.15) is 5.92 Å². The smallest absolute Gasteiger partial charge is 0.235 e. The van der Waals surface area contributed by atoms with E-state index >= 15 is 0 Å². The fourth-order valence-electron chi connectivity index (χ4n) is 3.85. The summed E-state index contributed by atoms with van der Waals surface area (Å²) in [6.45, 7) is 8.10. The molecule has 1 amide bonds. The number of hydrogen-bond acceptors (Lipinski definition) is 2. The Balaban J connectivity index is 1.74. The molecule has 0 radical (unpaired) electrons. The van der Waals surface area contributed by atoms with Crippen molar-refractivity contribution in [3.63, 3.8) is 0 Å². The Kier molecular flexibility index (Phi) is 5.07. The molecule has 0 bridgehead atoms. The van der Waals surface area contributed by atoms with Crippen molar-refractivity contribution in [1.29, 1.82) is 0 Å². The molecule has 2 atom stereocenters. The number of thiocarbonyl (C=S) groups is 1. The molecule has 1 aliphatic heterocycles. The zero-order valence-corrected chi connectivity index (χ0v) is 17.3. The number of nitrogens with one attached hydrogen (secondary N) is 3. The van der Waals surface area contributed by atoms with Crippen LogP contribution < -0.4 is 16.0 Å². The van der Waals surface area contributed by atoms with Gasteiger partial charge >= 0.3 is 0 Å². The van der Waals surface area contributed by atoms with Crippen LogP contribution in [0.4, 0.5) is 5.69 Å². The highest BCUT2D eigenvalue weighted by atomic mass is 32.1. The number of anilines is 1. The molecular weight excluding hydrogens is 378 g/mol. The van der Waals surface area contributed by atoms with Crippen LogP contribution in [0.1, 0.15) is 22.7 Å². The van der Waals surface area contributed by atoms with E-state index in [2.05, 4.69) is 40.7 Å². The van der Waals surface area contributed by atoms with E-state index in [-0.39, 0.29) is 11.9 Å². The van der Waals surface area contributed by atoms with Crippen LogP contribution in [0, 0.1) is 19.8 Å². The number of aryl methyl sites for hydroxylation is 2. The first-order valence-corrected chi connectivity index (χ1v) is 9.97. The maximum absolute atomic E-state index is 13.4. The zero-order chi connectivity index (χ0) is 20.5. The summed E-state index contributed by atoms with van der Waals surface area (Å²) < 4.78 is 0. The summed E-state index contributed by atoms with van der Waals surface area (Å²) in [7, 11) is 0. The van der Waals surface area contributed by atoms with Crippen LogP contribution in [-0.2, 0) is 4.79 Å². The summed E-state index contributed by atoms with van der Waals surface area (Å²) in [5, 5.41) is 12.1. The minimum Gasteiger partial charge on any atom is -0.354 e. The summed E-state index contributed by atoms with van der Waals surface area (Å²) in [6, 6.07) is 20.0. The van der Waals surface area contributed by atoms with Crippen LogP contribution in [0.5, 0.6) is 0 Å². The van der Waals surface area contributed by atoms with Gasteiger partial charge < -0.3 is 16.0 Å². The topological polar surface area (TPSA) is 53.2 Å². The highest BCUT2D eigenvalue weighted by Crippen LogP contribution is 2.34. The van der Waals surface area contributed by atoms with Gasteiger partial charge in [-0.15, -0.1) is 0 Å². The Morgan fingerprint density at radius 2 is 1.83 bits per heavy atom. The minimum absolute atomic E-state index is 0.121. The van der Waals surface area contributed by atoms with Crippen molar-refractivity contribution in [3.8, 4) is 0 Å². The van der Waals surface area contributed by atoms with Gasteiger partial charge in [-0.05, 0) is 59.6 Å². The number of fused-ring (bicyclic) bond motifs is 1. The fraction of sp³-hybridized carbons (Fsp3) is 0.167. The molecule has 1 fully saturated rings. The number of hydrogen-bond donors (Lipinski definition) is 3. The minimum atomic E-state index is -0.521. The second kappa shape index (κ2) is 7.68. The zero-order valence-electron chi connectivity index (χ0n) is 16.5. The van der Waals surface area contributed by atoms with Crippen LogP contribution in [-0.4, -0.2) is 11.0 Å². The number of rotatable bonds is 3. The highest BCUT2D eigenvalue weighted by Gasteiger charge is 2.37. The molecule has 4 nitrogen and oxygen atoms in total. The largest absolute Gasteiger partial charge is 0.354 e. The Hall–Kier alpha value is -3.18. The molecule has 146 valence electrons. The molecule has 0 spiro atoms. The van der Waals surface area contributed by atoms with Crippen LogP contribution in [0.25, 0.3) is 10.8 Å². The Labute approximate surface area is 176 Å². The van der Waals surface area contributed by atoms with Crippen molar-refractivity contribution in [2.75, 3.05) is 5.32 Å². The van der Waals surface area contributed by atoms with E-state index in [1.807, 2.05) is 56.3 Å². The molecule has 3 aromatic carbocycles. The molecule has 5 heteroatoms. The average Bonchev–Trinajstić information content (AvgIpc) is 2.69. The molecule has 0 aromatic heterocycles. The molecule has 1 saturated heterocycles. The third-order valence-corrected chi connectivity index (χ3v) is 5.58. The Morgan fingerprint density at radius 3 is 2.66 bits per heavy atom. The predicted octanol–water partition coefficient (Wildman–Crippen LogP) is 4.74. The van der Waals surface area contributed by atoms with Crippen LogP contribution in [0.3, 0.4) is 0 Å². The third-order valence-electron chi connectivity index (χ3n) is 5.36. The normalized spacial score (nSPS) is 18.8. The lowest BCUT2D eigenvalue weighted by atomic mass is 9.86.